The molecule has 0 atom stereocenters. The molecule has 1 aromatic heterocycles. The summed E-state index contributed by atoms with van der Waals surface area (Å²) in [5.74, 6) is 0.714. The van der Waals surface area contributed by atoms with Crippen LogP contribution in [0.3, 0.4) is 0 Å². The third kappa shape index (κ3) is 2.70. The molecular formula is C14H16BrN3. The van der Waals surface area contributed by atoms with Crippen LogP contribution in [-0.2, 0) is 5.33 Å². The molecular weight excluding hydrogens is 290 g/mol. The van der Waals surface area contributed by atoms with Crippen LogP contribution >= 0.6 is 15.9 Å². The van der Waals surface area contributed by atoms with Crippen LogP contribution in [-0.4, -0.2) is 17.0 Å². The molecule has 0 unspecified atom stereocenters. The number of anilines is 2. The second-order valence-corrected chi connectivity index (χ2v) is 4.93. The number of benzene rings is 1. The highest BCUT2D eigenvalue weighted by atomic mass is 79.9. The molecule has 3 nitrogen and oxygen atoms in total. The predicted octanol–water partition coefficient (Wildman–Crippen LogP) is 3.76. The number of aryl methyl sites for hydroxylation is 2. The molecule has 0 N–H and O–H groups in total. The summed E-state index contributed by atoms with van der Waals surface area (Å²) in [5, 5.41) is 0.778. The maximum atomic E-state index is 4.37. The van der Waals surface area contributed by atoms with E-state index < -0.39 is 0 Å². The molecule has 94 valence electrons. The fraction of sp³-hybridized carbons (Fsp3) is 0.286. The van der Waals surface area contributed by atoms with Crippen molar-refractivity contribution in [2.45, 2.75) is 19.2 Å². The van der Waals surface area contributed by atoms with E-state index in [9.17, 15) is 0 Å². The third-order valence-electron chi connectivity index (χ3n) is 2.86. The summed E-state index contributed by atoms with van der Waals surface area (Å²) in [6.45, 7) is 4.20. The first-order chi connectivity index (χ1) is 8.61. The van der Waals surface area contributed by atoms with Crippen LogP contribution in [0.5, 0.6) is 0 Å². The van der Waals surface area contributed by atoms with Crippen LogP contribution in [0.1, 0.15) is 16.7 Å². The molecule has 4 heteroatoms. The van der Waals surface area contributed by atoms with E-state index in [2.05, 4.69) is 57.9 Å². The Morgan fingerprint density at radius 1 is 1.17 bits per heavy atom. The topological polar surface area (TPSA) is 29.0 Å². The van der Waals surface area contributed by atoms with Crippen molar-refractivity contribution in [2.75, 3.05) is 11.9 Å². The van der Waals surface area contributed by atoms with Crippen LogP contribution < -0.4 is 4.90 Å². The van der Waals surface area contributed by atoms with E-state index in [1.165, 1.54) is 11.1 Å². The molecule has 2 aromatic rings. The van der Waals surface area contributed by atoms with E-state index in [4.69, 9.17) is 0 Å². The summed E-state index contributed by atoms with van der Waals surface area (Å²) in [6, 6.07) is 6.37. The van der Waals surface area contributed by atoms with Gasteiger partial charge in [0.2, 0.25) is 5.95 Å². The maximum Gasteiger partial charge on any atom is 0.229 e. The van der Waals surface area contributed by atoms with Gasteiger partial charge in [-0.15, -0.1) is 0 Å². The highest BCUT2D eigenvalue weighted by Crippen LogP contribution is 2.24. The van der Waals surface area contributed by atoms with E-state index >= 15 is 0 Å². The third-order valence-corrected chi connectivity index (χ3v) is 3.51. The Morgan fingerprint density at radius 3 is 2.39 bits per heavy atom. The van der Waals surface area contributed by atoms with Crippen molar-refractivity contribution in [2.24, 2.45) is 0 Å². The number of halogens is 1. The Labute approximate surface area is 116 Å². The SMILES string of the molecule is Cc1ccc(N(C)c2ncc(CBr)cn2)c(C)c1. The maximum absolute atomic E-state index is 4.37. The Morgan fingerprint density at radius 2 is 1.83 bits per heavy atom. The molecule has 0 amide bonds. The molecule has 1 aromatic carbocycles. The Balaban J connectivity index is 2.31. The molecule has 0 radical (unpaired) electrons. The van der Waals surface area contributed by atoms with Crippen molar-refractivity contribution < 1.29 is 0 Å². The molecule has 0 aliphatic carbocycles. The minimum absolute atomic E-state index is 0.714. The quantitative estimate of drug-likeness (QED) is 0.809. The van der Waals surface area contributed by atoms with Crippen LogP contribution in [0.15, 0.2) is 30.6 Å². The van der Waals surface area contributed by atoms with Gasteiger partial charge in [-0.25, -0.2) is 9.97 Å². The molecule has 0 saturated heterocycles. The minimum Gasteiger partial charge on any atom is -0.313 e. The van der Waals surface area contributed by atoms with Crippen molar-refractivity contribution in [1.29, 1.82) is 0 Å². The Hall–Kier alpha value is -1.42. The van der Waals surface area contributed by atoms with Crippen molar-refractivity contribution in [3.63, 3.8) is 0 Å². The van der Waals surface area contributed by atoms with Crippen molar-refractivity contribution in [1.82, 2.24) is 9.97 Å². The normalized spacial score (nSPS) is 10.4. The predicted molar refractivity (Wildman–Crippen MR) is 78.6 cm³/mol. The molecule has 0 aliphatic rings. The minimum atomic E-state index is 0.714. The van der Waals surface area contributed by atoms with Crippen molar-refractivity contribution >= 4 is 27.6 Å². The van der Waals surface area contributed by atoms with Gasteiger partial charge >= 0.3 is 0 Å². The molecule has 1 heterocycles. The van der Waals surface area contributed by atoms with Crippen molar-refractivity contribution in [3.8, 4) is 0 Å². The lowest BCUT2D eigenvalue weighted by molar-refractivity contribution is 1.02. The van der Waals surface area contributed by atoms with Gasteiger partial charge in [0.15, 0.2) is 0 Å². The average molecular weight is 306 g/mol. The molecule has 0 fully saturated rings. The van der Waals surface area contributed by atoms with Crippen LogP contribution in [0.2, 0.25) is 0 Å². The molecule has 0 saturated carbocycles. The zero-order valence-corrected chi connectivity index (χ0v) is 12.4. The summed E-state index contributed by atoms with van der Waals surface area (Å²) in [6.07, 6.45) is 3.69. The second-order valence-electron chi connectivity index (χ2n) is 4.37. The van der Waals surface area contributed by atoms with E-state index in [0.717, 1.165) is 16.6 Å². The summed E-state index contributed by atoms with van der Waals surface area (Å²) >= 11 is 3.39. The highest BCUT2D eigenvalue weighted by molar-refractivity contribution is 9.08. The van der Waals surface area contributed by atoms with Gasteiger partial charge in [-0.3, -0.25) is 0 Å². The first-order valence-electron chi connectivity index (χ1n) is 5.79. The van der Waals surface area contributed by atoms with Crippen LogP contribution in [0.4, 0.5) is 11.6 Å². The monoisotopic (exact) mass is 305 g/mol. The summed E-state index contributed by atoms with van der Waals surface area (Å²) in [7, 11) is 1.99. The van der Waals surface area contributed by atoms with Gasteiger partial charge in [0, 0.05) is 30.5 Å². The molecule has 18 heavy (non-hydrogen) atoms. The fourth-order valence-electron chi connectivity index (χ4n) is 1.88. The molecule has 0 bridgehead atoms. The number of hydrogen-bond donors (Lipinski definition) is 0. The first-order valence-corrected chi connectivity index (χ1v) is 6.92. The lowest BCUT2D eigenvalue weighted by atomic mass is 10.1. The van der Waals surface area contributed by atoms with E-state index in [1.807, 2.05) is 24.3 Å². The van der Waals surface area contributed by atoms with Gasteiger partial charge in [-0.05, 0) is 31.0 Å². The zero-order chi connectivity index (χ0) is 13.1. The van der Waals surface area contributed by atoms with Gasteiger partial charge < -0.3 is 4.90 Å². The highest BCUT2D eigenvalue weighted by Gasteiger charge is 2.09. The lowest BCUT2D eigenvalue weighted by Gasteiger charge is -2.19. The number of aromatic nitrogens is 2. The lowest BCUT2D eigenvalue weighted by Crippen LogP contribution is -2.14. The smallest absolute Gasteiger partial charge is 0.229 e. The number of hydrogen-bond acceptors (Lipinski definition) is 3. The average Bonchev–Trinajstić information content (AvgIpc) is 2.38. The van der Waals surface area contributed by atoms with Crippen LogP contribution in [0, 0.1) is 13.8 Å². The fourth-order valence-corrected chi connectivity index (χ4v) is 2.17. The number of alkyl halides is 1. The first kappa shape index (κ1) is 13.0. The number of rotatable bonds is 3. The Kier molecular flexibility index (Phi) is 3.97. The van der Waals surface area contributed by atoms with Gasteiger partial charge in [-0.2, -0.15) is 0 Å². The van der Waals surface area contributed by atoms with Gasteiger partial charge in [-0.1, -0.05) is 33.6 Å². The summed E-state index contributed by atoms with van der Waals surface area (Å²) in [5.41, 5.74) is 4.70. The van der Waals surface area contributed by atoms with E-state index in [-0.39, 0.29) is 0 Å². The van der Waals surface area contributed by atoms with Gasteiger partial charge in [0.25, 0.3) is 0 Å². The van der Waals surface area contributed by atoms with Crippen LogP contribution in [0.25, 0.3) is 0 Å². The summed E-state index contributed by atoms with van der Waals surface area (Å²) < 4.78 is 0. The molecule has 2 rings (SSSR count). The van der Waals surface area contributed by atoms with Gasteiger partial charge in [0.1, 0.15) is 0 Å². The zero-order valence-electron chi connectivity index (χ0n) is 10.8. The van der Waals surface area contributed by atoms with Crippen molar-refractivity contribution in [3.05, 3.63) is 47.3 Å². The molecule has 0 aliphatic heterocycles. The van der Waals surface area contributed by atoms with E-state index in [0.29, 0.717) is 5.95 Å². The molecule has 0 spiro atoms. The van der Waals surface area contributed by atoms with E-state index in [1.54, 1.807) is 0 Å². The standard InChI is InChI=1S/C14H16BrN3/c1-10-4-5-13(11(2)6-10)18(3)14-16-8-12(7-15)9-17-14/h4-6,8-9H,7H2,1-3H3. The largest absolute Gasteiger partial charge is 0.313 e. The summed E-state index contributed by atoms with van der Waals surface area (Å²) in [4.78, 5) is 10.8. The second kappa shape index (κ2) is 5.48. The Bertz CT molecular complexity index is 537. The number of nitrogens with zero attached hydrogens (tertiary/aromatic N) is 3. The van der Waals surface area contributed by atoms with Gasteiger partial charge in [0.05, 0.1) is 0 Å².